The van der Waals surface area contributed by atoms with E-state index in [0.29, 0.717) is 40.3 Å². The zero-order chi connectivity index (χ0) is 18.8. The number of hydrogen-bond donors (Lipinski definition) is 3. The van der Waals surface area contributed by atoms with Crippen molar-refractivity contribution in [1.82, 2.24) is 5.43 Å². The standard InChI is InChI=1S/C19H20N2O5/c1-4-11-12-8-14(22)15(23)9-13(12)18(20-21-19(11)24)10-5-6-16(25-2)17(7-10)26-3/h5-9,11,22-23H,4H2,1-3H3,(H,21,24)/t11-/m0/s1. The lowest BCUT2D eigenvalue weighted by molar-refractivity contribution is -0.122. The largest absolute Gasteiger partial charge is 0.504 e. The van der Waals surface area contributed by atoms with Gasteiger partial charge in [0.25, 0.3) is 0 Å². The van der Waals surface area contributed by atoms with Gasteiger partial charge in [0.1, 0.15) is 0 Å². The Labute approximate surface area is 150 Å². The Morgan fingerprint density at radius 3 is 2.42 bits per heavy atom. The maximum Gasteiger partial charge on any atom is 0.247 e. The highest BCUT2D eigenvalue weighted by atomic mass is 16.5. The van der Waals surface area contributed by atoms with Gasteiger partial charge < -0.3 is 19.7 Å². The van der Waals surface area contributed by atoms with Crippen molar-refractivity contribution in [3.05, 3.63) is 47.0 Å². The summed E-state index contributed by atoms with van der Waals surface area (Å²) >= 11 is 0. The van der Waals surface area contributed by atoms with Gasteiger partial charge in [0, 0.05) is 11.1 Å². The molecule has 26 heavy (non-hydrogen) atoms. The fourth-order valence-corrected chi connectivity index (χ4v) is 3.09. The number of aromatic hydroxyl groups is 2. The van der Waals surface area contributed by atoms with Gasteiger partial charge in [-0.1, -0.05) is 6.92 Å². The number of nitrogens with zero attached hydrogens (tertiary/aromatic N) is 1. The van der Waals surface area contributed by atoms with Crippen molar-refractivity contribution in [1.29, 1.82) is 0 Å². The zero-order valence-electron chi connectivity index (χ0n) is 14.7. The monoisotopic (exact) mass is 356 g/mol. The number of benzene rings is 2. The highest BCUT2D eigenvalue weighted by Crippen LogP contribution is 2.37. The topological polar surface area (TPSA) is 100 Å². The van der Waals surface area contributed by atoms with E-state index in [0.717, 1.165) is 0 Å². The molecule has 2 aromatic rings. The minimum atomic E-state index is -0.488. The third kappa shape index (κ3) is 2.92. The Hall–Kier alpha value is -3.22. The molecule has 1 aliphatic heterocycles. The van der Waals surface area contributed by atoms with Crippen molar-refractivity contribution in [2.45, 2.75) is 19.3 Å². The third-order valence-electron chi connectivity index (χ3n) is 4.44. The first-order valence-electron chi connectivity index (χ1n) is 8.16. The molecule has 1 aliphatic rings. The van der Waals surface area contributed by atoms with Crippen LogP contribution >= 0.6 is 0 Å². The molecule has 1 atom stereocenters. The molecule has 3 N–H and O–H groups in total. The number of nitrogens with one attached hydrogen (secondary N) is 1. The summed E-state index contributed by atoms with van der Waals surface area (Å²) in [6.07, 6.45) is 0.526. The van der Waals surface area contributed by atoms with Gasteiger partial charge in [-0.05, 0) is 42.3 Å². The average molecular weight is 356 g/mol. The SMILES string of the molecule is CC[C@@H]1C(=O)NN=C(c2ccc(OC)c(OC)c2)c2cc(O)c(O)cc21. The number of rotatable bonds is 4. The van der Waals surface area contributed by atoms with E-state index in [1.807, 2.05) is 6.92 Å². The quantitative estimate of drug-likeness (QED) is 0.731. The molecular weight excluding hydrogens is 336 g/mol. The molecule has 1 heterocycles. The molecule has 0 radical (unpaired) electrons. The summed E-state index contributed by atoms with van der Waals surface area (Å²) in [5, 5.41) is 24.1. The van der Waals surface area contributed by atoms with Gasteiger partial charge in [-0.2, -0.15) is 5.10 Å². The van der Waals surface area contributed by atoms with Crippen LogP contribution in [-0.2, 0) is 4.79 Å². The van der Waals surface area contributed by atoms with Crippen LogP contribution in [0.2, 0.25) is 0 Å². The molecule has 1 amide bonds. The van der Waals surface area contributed by atoms with Crippen molar-refractivity contribution >= 4 is 11.6 Å². The van der Waals surface area contributed by atoms with E-state index in [9.17, 15) is 15.0 Å². The van der Waals surface area contributed by atoms with E-state index in [1.165, 1.54) is 19.2 Å². The van der Waals surface area contributed by atoms with Crippen LogP contribution in [0.25, 0.3) is 0 Å². The molecule has 3 rings (SSSR count). The highest BCUT2D eigenvalue weighted by Gasteiger charge is 2.29. The number of methoxy groups -OCH3 is 2. The highest BCUT2D eigenvalue weighted by molar-refractivity contribution is 6.16. The molecule has 136 valence electrons. The minimum absolute atomic E-state index is 0.269. The van der Waals surface area contributed by atoms with Crippen LogP contribution in [0.15, 0.2) is 35.4 Å². The summed E-state index contributed by atoms with van der Waals surface area (Å²) < 4.78 is 10.6. The average Bonchev–Trinajstić information content (AvgIpc) is 2.77. The zero-order valence-corrected chi connectivity index (χ0v) is 14.7. The van der Waals surface area contributed by atoms with Gasteiger partial charge in [-0.25, -0.2) is 5.43 Å². The first kappa shape index (κ1) is 17.6. The Bertz CT molecular complexity index is 892. The third-order valence-corrected chi connectivity index (χ3v) is 4.44. The number of fused-ring (bicyclic) bond motifs is 1. The van der Waals surface area contributed by atoms with E-state index in [4.69, 9.17) is 9.47 Å². The van der Waals surface area contributed by atoms with Gasteiger partial charge >= 0.3 is 0 Å². The predicted molar refractivity (Wildman–Crippen MR) is 96.1 cm³/mol. The lowest BCUT2D eigenvalue weighted by atomic mass is 9.87. The number of carbonyl (C=O) groups excluding carboxylic acids is 1. The van der Waals surface area contributed by atoms with Crippen molar-refractivity contribution in [2.75, 3.05) is 14.2 Å². The van der Waals surface area contributed by atoms with Crippen LogP contribution in [0.5, 0.6) is 23.0 Å². The lowest BCUT2D eigenvalue weighted by Gasteiger charge is -2.16. The number of phenols is 2. The van der Waals surface area contributed by atoms with Crippen LogP contribution < -0.4 is 14.9 Å². The van der Waals surface area contributed by atoms with E-state index in [1.54, 1.807) is 25.3 Å². The summed E-state index contributed by atoms with van der Waals surface area (Å²) in [5.41, 5.74) is 4.86. The van der Waals surface area contributed by atoms with Crippen LogP contribution in [0.4, 0.5) is 0 Å². The predicted octanol–water partition coefficient (Wildman–Crippen LogP) is 2.49. The summed E-state index contributed by atoms with van der Waals surface area (Å²) in [5.74, 6) is -0.230. The van der Waals surface area contributed by atoms with Crippen LogP contribution in [0.3, 0.4) is 0 Å². The Balaban J connectivity index is 2.22. The Kier molecular flexibility index (Phi) is 4.71. The van der Waals surface area contributed by atoms with Crippen molar-refractivity contribution in [2.24, 2.45) is 5.10 Å². The molecule has 2 aromatic carbocycles. The van der Waals surface area contributed by atoms with Crippen molar-refractivity contribution in [3.63, 3.8) is 0 Å². The first-order valence-corrected chi connectivity index (χ1v) is 8.16. The molecular formula is C19H20N2O5. The number of hydrazone groups is 1. The van der Waals surface area contributed by atoms with Gasteiger partial charge in [0.2, 0.25) is 5.91 Å². The van der Waals surface area contributed by atoms with E-state index >= 15 is 0 Å². The fourth-order valence-electron chi connectivity index (χ4n) is 3.09. The van der Waals surface area contributed by atoms with Crippen LogP contribution in [0, 0.1) is 0 Å². The Morgan fingerprint density at radius 2 is 1.77 bits per heavy atom. The van der Waals surface area contributed by atoms with E-state index in [-0.39, 0.29) is 17.4 Å². The molecule has 0 spiro atoms. The lowest BCUT2D eigenvalue weighted by Crippen LogP contribution is -2.23. The molecule has 0 aromatic heterocycles. The normalized spacial score (nSPS) is 16.2. The number of amides is 1. The first-order chi connectivity index (χ1) is 12.5. The fraction of sp³-hybridized carbons (Fsp3) is 0.263. The van der Waals surface area contributed by atoms with Gasteiger partial charge in [0.05, 0.1) is 25.8 Å². The molecule has 7 nitrogen and oxygen atoms in total. The Morgan fingerprint density at radius 1 is 1.08 bits per heavy atom. The summed E-state index contributed by atoms with van der Waals surface area (Å²) in [6, 6.07) is 8.10. The molecule has 0 saturated heterocycles. The number of carbonyl (C=O) groups is 1. The maximum absolute atomic E-state index is 12.4. The van der Waals surface area contributed by atoms with Gasteiger partial charge in [0.15, 0.2) is 23.0 Å². The van der Waals surface area contributed by atoms with Crippen LogP contribution in [0.1, 0.15) is 36.0 Å². The van der Waals surface area contributed by atoms with Crippen molar-refractivity contribution in [3.8, 4) is 23.0 Å². The number of ether oxygens (including phenoxy) is 2. The van der Waals surface area contributed by atoms with Crippen LogP contribution in [-0.4, -0.2) is 36.1 Å². The number of hydrogen-bond acceptors (Lipinski definition) is 6. The van der Waals surface area contributed by atoms with E-state index < -0.39 is 5.92 Å². The molecule has 0 unspecified atom stereocenters. The molecule has 0 aliphatic carbocycles. The smallest absolute Gasteiger partial charge is 0.247 e. The minimum Gasteiger partial charge on any atom is -0.504 e. The summed E-state index contributed by atoms with van der Waals surface area (Å²) in [7, 11) is 3.08. The molecule has 0 bridgehead atoms. The second-order valence-electron chi connectivity index (χ2n) is 5.90. The molecule has 7 heteroatoms. The number of phenolic OH excluding ortho intramolecular Hbond substituents is 2. The molecule has 0 fully saturated rings. The van der Waals surface area contributed by atoms with Crippen molar-refractivity contribution < 1.29 is 24.5 Å². The second kappa shape index (κ2) is 6.95. The van der Waals surface area contributed by atoms with Gasteiger partial charge in [-0.15, -0.1) is 0 Å². The van der Waals surface area contributed by atoms with Gasteiger partial charge in [-0.3, -0.25) is 4.79 Å². The summed E-state index contributed by atoms with van der Waals surface area (Å²) in [4.78, 5) is 12.4. The van der Waals surface area contributed by atoms with E-state index in [2.05, 4.69) is 10.5 Å². The summed E-state index contributed by atoms with van der Waals surface area (Å²) in [6.45, 7) is 1.87. The second-order valence-corrected chi connectivity index (χ2v) is 5.90. The maximum atomic E-state index is 12.4. The molecule has 0 saturated carbocycles.